The van der Waals surface area contributed by atoms with Crippen molar-refractivity contribution in [3.63, 3.8) is 0 Å². The van der Waals surface area contributed by atoms with Crippen molar-refractivity contribution in [2.45, 2.75) is 70.9 Å². The lowest BCUT2D eigenvalue weighted by Crippen LogP contribution is -2.47. The number of likely N-dealkylation sites (tertiary alicyclic amines) is 1. The molecule has 0 bridgehead atoms. The minimum absolute atomic E-state index is 0.806. The van der Waals surface area contributed by atoms with Gasteiger partial charge in [-0.2, -0.15) is 0 Å². The van der Waals surface area contributed by atoms with Gasteiger partial charge in [0.25, 0.3) is 0 Å². The Morgan fingerprint density at radius 2 is 1.82 bits per heavy atom. The molecule has 1 aliphatic heterocycles. The smallest absolute Gasteiger partial charge is 0.00978 e. The van der Waals surface area contributed by atoms with Gasteiger partial charge in [0.1, 0.15) is 0 Å². The van der Waals surface area contributed by atoms with Gasteiger partial charge in [-0.1, -0.05) is 26.7 Å². The predicted octanol–water partition coefficient (Wildman–Crippen LogP) is 3.03. The molecule has 2 atom stereocenters. The Balaban J connectivity index is 1.70. The third-order valence-electron chi connectivity index (χ3n) is 4.76. The van der Waals surface area contributed by atoms with E-state index in [1.54, 1.807) is 0 Å². The maximum absolute atomic E-state index is 3.95. The maximum Gasteiger partial charge on any atom is 0.00978 e. The molecule has 2 aliphatic rings. The van der Waals surface area contributed by atoms with Crippen molar-refractivity contribution in [1.82, 2.24) is 10.2 Å². The first-order valence-electron chi connectivity index (χ1n) is 7.81. The molecule has 2 unspecified atom stereocenters. The molecule has 0 radical (unpaired) electrons. The van der Waals surface area contributed by atoms with Crippen molar-refractivity contribution in [3.05, 3.63) is 0 Å². The van der Waals surface area contributed by atoms with Gasteiger partial charge in [-0.25, -0.2) is 0 Å². The zero-order valence-electron chi connectivity index (χ0n) is 11.8. The molecular formula is C15H30N2. The third-order valence-corrected chi connectivity index (χ3v) is 4.76. The molecule has 0 spiro atoms. The molecule has 17 heavy (non-hydrogen) atoms. The number of nitrogens with zero attached hydrogens (tertiary/aromatic N) is 1. The summed E-state index contributed by atoms with van der Waals surface area (Å²) in [6, 6.07) is 1.64. The van der Waals surface area contributed by atoms with E-state index in [1.807, 2.05) is 0 Å². The second-order valence-corrected chi connectivity index (χ2v) is 5.99. The summed E-state index contributed by atoms with van der Waals surface area (Å²) in [6.07, 6.45) is 9.74. The number of nitrogens with one attached hydrogen (secondary N) is 1. The summed E-state index contributed by atoms with van der Waals surface area (Å²) in [7, 11) is 0. The van der Waals surface area contributed by atoms with Crippen LogP contribution < -0.4 is 5.32 Å². The first kappa shape index (κ1) is 13.4. The summed E-state index contributed by atoms with van der Waals surface area (Å²) < 4.78 is 0. The Bertz CT molecular complexity index is 209. The second-order valence-electron chi connectivity index (χ2n) is 5.99. The van der Waals surface area contributed by atoms with Crippen LogP contribution in [0.25, 0.3) is 0 Å². The highest BCUT2D eigenvalue weighted by atomic mass is 15.1. The number of hydrogen-bond donors (Lipinski definition) is 1. The molecule has 2 nitrogen and oxygen atoms in total. The molecule has 2 fully saturated rings. The van der Waals surface area contributed by atoms with Crippen molar-refractivity contribution in [1.29, 1.82) is 0 Å². The van der Waals surface area contributed by atoms with E-state index in [-0.39, 0.29) is 0 Å². The van der Waals surface area contributed by atoms with Crippen LogP contribution in [0.15, 0.2) is 0 Å². The Morgan fingerprint density at radius 1 is 1.06 bits per heavy atom. The molecule has 1 saturated carbocycles. The molecule has 1 heterocycles. The predicted molar refractivity (Wildman–Crippen MR) is 74.3 cm³/mol. The minimum Gasteiger partial charge on any atom is -0.311 e. The molecule has 1 N–H and O–H groups in total. The lowest BCUT2D eigenvalue weighted by Gasteiger charge is -2.35. The number of rotatable bonds is 5. The summed E-state index contributed by atoms with van der Waals surface area (Å²) in [5, 5.41) is 3.95. The number of piperidine rings is 1. The van der Waals surface area contributed by atoms with Gasteiger partial charge < -0.3 is 10.2 Å². The Kier molecular flexibility index (Phi) is 5.30. The van der Waals surface area contributed by atoms with Gasteiger partial charge in [-0.15, -0.1) is 0 Å². The highest BCUT2D eigenvalue weighted by molar-refractivity contribution is 4.87. The van der Waals surface area contributed by atoms with Crippen LogP contribution >= 0.6 is 0 Å². The summed E-state index contributed by atoms with van der Waals surface area (Å²) in [4.78, 5) is 2.63. The van der Waals surface area contributed by atoms with Gasteiger partial charge in [0, 0.05) is 12.1 Å². The molecular weight excluding hydrogens is 208 g/mol. The first-order valence-corrected chi connectivity index (χ1v) is 7.81. The standard InChI is InChI=1S/C15H30N2/c1-3-10-17-11-8-14(9-12-17)16-15-7-5-6-13(15)4-2/h13-16H,3-12H2,1-2H3. The highest BCUT2D eigenvalue weighted by Gasteiger charge is 2.28. The fraction of sp³-hybridized carbons (Fsp3) is 1.00. The van der Waals surface area contributed by atoms with Crippen molar-refractivity contribution in [2.24, 2.45) is 5.92 Å². The molecule has 1 saturated heterocycles. The Morgan fingerprint density at radius 3 is 2.47 bits per heavy atom. The first-order chi connectivity index (χ1) is 8.33. The average Bonchev–Trinajstić information content (AvgIpc) is 2.79. The zero-order chi connectivity index (χ0) is 12.1. The molecule has 100 valence electrons. The van der Waals surface area contributed by atoms with Crippen LogP contribution in [0, 0.1) is 5.92 Å². The third kappa shape index (κ3) is 3.69. The fourth-order valence-electron chi connectivity index (χ4n) is 3.69. The molecule has 0 amide bonds. The molecule has 1 aliphatic carbocycles. The fourth-order valence-corrected chi connectivity index (χ4v) is 3.69. The summed E-state index contributed by atoms with van der Waals surface area (Å²) in [6.45, 7) is 8.57. The molecule has 0 aromatic rings. The minimum atomic E-state index is 0.806. The van der Waals surface area contributed by atoms with Gasteiger partial charge >= 0.3 is 0 Å². The van der Waals surface area contributed by atoms with E-state index < -0.39 is 0 Å². The van der Waals surface area contributed by atoms with Crippen molar-refractivity contribution in [2.75, 3.05) is 19.6 Å². The SMILES string of the molecule is CCCN1CCC(NC2CCCC2CC)CC1. The zero-order valence-corrected chi connectivity index (χ0v) is 11.8. The van der Waals surface area contributed by atoms with Crippen molar-refractivity contribution >= 4 is 0 Å². The maximum atomic E-state index is 3.95. The lowest BCUT2D eigenvalue weighted by atomic mass is 9.97. The van der Waals surface area contributed by atoms with Crippen LogP contribution in [0.2, 0.25) is 0 Å². The van der Waals surface area contributed by atoms with Crippen LogP contribution in [0.4, 0.5) is 0 Å². The molecule has 2 rings (SSSR count). The highest BCUT2D eigenvalue weighted by Crippen LogP contribution is 2.29. The van der Waals surface area contributed by atoms with Crippen LogP contribution in [-0.4, -0.2) is 36.6 Å². The van der Waals surface area contributed by atoms with Crippen molar-refractivity contribution < 1.29 is 0 Å². The largest absolute Gasteiger partial charge is 0.311 e. The second kappa shape index (κ2) is 6.75. The number of hydrogen-bond acceptors (Lipinski definition) is 2. The normalized spacial score (nSPS) is 32.1. The topological polar surface area (TPSA) is 15.3 Å². The van der Waals surface area contributed by atoms with E-state index in [4.69, 9.17) is 0 Å². The monoisotopic (exact) mass is 238 g/mol. The van der Waals surface area contributed by atoms with E-state index in [9.17, 15) is 0 Å². The van der Waals surface area contributed by atoms with Gasteiger partial charge in [-0.3, -0.25) is 0 Å². The molecule has 0 aromatic carbocycles. The quantitative estimate of drug-likeness (QED) is 0.792. The van der Waals surface area contributed by atoms with Crippen LogP contribution in [-0.2, 0) is 0 Å². The molecule has 0 aromatic heterocycles. The van der Waals surface area contributed by atoms with Gasteiger partial charge in [0.15, 0.2) is 0 Å². The van der Waals surface area contributed by atoms with Crippen LogP contribution in [0.1, 0.15) is 58.8 Å². The Labute approximate surface area is 107 Å². The summed E-state index contributed by atoms with van der Waals surface area (Å²) >= 11 is 0. The summed E-state index contributed by atoms with van der Waals surface area (Å²) in [5.41, 5.74) is 0. The van der Waals surface area contributed by atoms with Crippen molar-refractivity contribution in [3.8, 4) is 0 Å². The van der Waals surface area contributed by atoms with Crippen LogP contribution in [0.3, 0.4) is 0 Å². The van der Waals surface area contributed by atoms with E-state index in [1.165, 1.54) is 64.6 Å². The van der Waals surface area contributed by atoms with E-state index in [0.717, 1.165) is 18.0 Å². The molecule has 2 heteroatoms. The van der Waals surface area contributed by atoms with Crippen LogP contribution in [0.5, 0.6) is 0 Å². The van der Waals surface area contributed by atoms with E-state index >= 15 is 0 Å². The van der Waals surface area contributed by atoms with Gasteiger partial charge in [0.05, 0.1) is 0 Å². The average molecular weight is 238 g/mol. The van der Waals surface area contributed by atoms with Gasteiger partial charge in [-0.05, 0) is 57.7 Å². The Hall–Kier alpha value is -0.0800. The van der Waals surface area contributed by atoms with E-state index in [0.29, 0.717) is 0 Å². The van der Waals surface area contributed by atoms with Gasteiger partial charge in [0.2, 0.25) is 0 Å². The van der Waals surface area contributed by atoms with E-state index in [2.05, 4.69) is 24.1 Å². The lowest BCUT2D eigenvalue weighted by molar-refractivity contribution is 0.184. The summed E-state index contributed by atoms with van der Waals surface area (Å²) in [5.74, 6) is 0.962.